The molecular weight excluding hydrogens is 298 g/mol. The van der Waals surface area contributed by atoms with Crippen LogP contribution in [0.5, 0.6) is 0 Å². The van der Waals surface area contributed by atoms with E-state index in [1.807, 2.05) is 4.57 Å². The number of hydrogen-bond acceptors (Lipinski definition) is 5. The molecule has 0 radical (unpaired) electrons. The quantitative estimate of drug-likeness (QED) is 0.793. The first-order valence-electron chi connectivity index (χ1n) is 6.19. The van der Waals surface area contributed by atoms with E-state index >= 15 is 0 Å². The van der Waals surface area contributed by atoms with Gasteiger partial charge in [0.1, 0.15) is 4.21 Å². The molecule has 2 aromatic rings. The average Bonchev–Trinajstić information content (AvgIpc) is 3.00. The Morgan fingerprint density at radius 1 is 1.50 bits per heavy atom. The van der Waals surface area contributed by atoms with Gasteiger partial charge in [-0.15, -0.1) is 11.3 Å². The summed E-state index contributed by atoms with van der Waals surface area (Å²) in [5.41, 5.74) is 0. The molecule has 0 bridgehead atoms. The molecule has 2 heterocycles. The molecule has 0 amide bonds. The highest BCUT2D eigenvalue weighted by Gasteiger charge is 2.19. The summed E-state index contributed by atoms with van der Waals surface area (Å²) in [5.74, 6) is 0. The Bertz CT molecular complexity index is 635. The number of sulfonamides is 1. The van der Waals surface area contributed by atoms with Gasteiger partial charge in [0.05, 0.1) is 6.33 Å². The summed E-state index contributed by atoms with van der Waals surface area (Å²) in [6, 6.07) is 3.07. The van der Waals surface area contributed by atoms with Crippen LogP contribution in [-0.4, -0.2) is 35.7 Å². The topological polar surface area (TPSA) is 84.2 Å². The lowest BCUT2D eigenvalue weighted by atomic mass is 10.4. The van der Waals surface area contributed by atoms with Crippen LogP contribution >= 0.6 is 11.3 Å². The predicted octanol–water partition coefficient (Wildman–Crippen LogP) is 0.846. The van der Waals surface area contributed by atoms with E-state index in [9.17, 15) is 8.42 Å². The maximum absolute atomic E-state index is 12.2. The Morgan fingerprint density at radius 2 is 2.30 bits per heavy atom. The van der Waals surface area contributed by atoms with Gasteiger partial charge in [0, 0.05) is 42.9 Å². The molecule has 0 spiro atoms. The number of thiophene rings is 1. The molecule has 0 aliphatic rings. The molecule has 110 valence electrons. The summed E-state index contributed by atoms with van der Waals surface area (Å²) in [6.07, 6.45) is 5.57. The number of imidazole rings is 1. The monoisotopic (exact) mass is 315 g/mol. The molecule has 2 rings (SSSR count). The first-order chi connectivity index (χ1) is 9.51. The fourth-order valence-electron chi connectivity index (χ4n) is 1.82. The van der Waals surface area contributed by atoms with Gasteiger partial charge in [0.2, 0.25) is 10.0 Å². The van der Waals surface area contributed by atoms with Gasteiger partial charge in [-0.25, -0.2) is 18.1 Å². The molecule has 20 heavy (non-hydrogen) atoms. The Hall–Kier alpha value is -1.22. The summed E-state index contributed by atoms with van der Waals surface area (Å²) in [7, 11) is -3.51. The Kier molecular flexibility index (Phi) is 4.92. The first-order valence-corrected chi connectivity index (χ1v) is 8.49. The minimum atomic E-state index is -3.51. The third-order valence-electron chi connectivity index (χ3n) is 2.66. The van der Waals surface area contributed by atoms with E-state index in [1.165, 1.54) is 11.3 Å². The van der Waals surface area contributed by atoms with E-state index in [4.69, 9.17) is 5.11 Å². The van der Waals surface area contributed by atoms with Gasteiger partial charge >= 0.3 is 0 Å². The zero-order valence-electron chi connectivity index (χ0n) is 11.1. The van der Waals surface area contributed by atoms with Crippen molar-refractivity contribution >= 4 is 21.4 Å². The molecule has 0 saturated heterocycles. The van der Waals surface area contributed by atoms with Crippen molar-refractivity contribution in [1.82, 2.24) is 14.3 Å². The van der Waals surface area contributed by atoms with Crippen molar-refractivity contribution in [2.24, 2.45) is 0 Å². The maximum Gasteiger partial charge on any atom is 0.250 e. The normalized spacial score (nSPS) is 13.5. The van der Waals surface area contributed by atoms with E-state index in [1.54, 1.807) is 37.8 Å². The number of aromatic nitrogens is 2. The van der Waals surface area contributed by atoms with Gasteiger partial charge in [-0.3, -0.25) is 0 Å². The van der Waals surface area contributed by atoms with Crippen LogP contribution in [0, 0.1) is 0 Å². The molecular formula is C12H17N3O3S2. The number of hydrogen-bond donors (Lipinski definition) is 2. The average molecular weight is 315 g/mol. The summed E-state index contributed by atoms with van der Waals surface area (Å²) < 4.78 is 29.1. The van der Waals surface area contributed by atoms with Crippen LogP contribution in [0.3, 0.4) is 0 Å². The van der Waals surface area contributed by atoms with Gasteiger partial charge in [-0.05, 0) is 19.1 Å². The van der Waals surface area contributed by atoms with Crippen molar-refractivity contribution < 1.29 is 13.5 Å². The lowest BCUT2D eigenvalue weighted by Gasteiger charge is -2.13. The van der Waals surface area contributed by atoms with Gasteiger partial charge in [-0.2, -0.15) is 0 Å². The molecule has 0 fully saturated rings. The van der Waals surface area contributed by atoms with E-state index in [2.05, 4.69) is 9.71 Å². The summed E-state index contributed by atoms with van der Waals surface area (Å²) in [5, 5.41) is 8.85. The van der Waals surface area contributed by atoms with Gasteiger partial charge < -0.3 is 9.67 Å². The molecule has 0 aliphatic carbocycles. The molecule has 0 saturated carbocycles. The van der Waals surface area contributed by atoms with E-state index in [0.29, 0.717) is 13.0 Å². The van der Waals surface area contributed by atoms with Crippen molar-refractivity contribution in [1.29, 1.82) is 0 Å². The zero-order chi connectivity index (χ0) is 14.6. The number of nitrogens with zero attached hydrogens (tertiary/aromatic N) is 2. The van der Waals surface area contributed by atoms with Crippen LogP contribution < -0.4 is 4.72 Å². The Balaban J connectivity index is 2.02. The van der Waals surface area contributed by atoms with Crippen molar-refractivity contribution in [3.63, 3.8) is 0 Å². The first kappa shape index (κ1) is 15.2. The maximum atomic E-state index is 12.2. The van der Waals surface area contributed by atoms with Crippen LogP contribution in [0.4, 0.5) is 0 Å². The molecule has 1 atom stereocenters. The largest absolute Gasteiger partial charge is 0.396 e. The highest BCUT2D eigenvalue weighted by molar-refractivity contribution is 7.91. The molecule has 2 aromatic heterocycles. The second-order valence-corrected chi connectivity index (χ2v) is 7.59. The van der Waals surface area contributed by atoms with E-state index in [-0.39, 0.29) is 16.9 Å². The van der Waals surface area contributed by atoms with E-state index < -0.39 is 10.0 Å². The molecule has 1 unspecified atom stereocenters. The molecule has 0 aliphatic heterocycles. The smallest absolute Gasteiger partial charge is 0.250 e. The van der Waals surface area contributed by atoms with Gasteiger partial charge in [-0.1, -0.05) is 0 Å². The number of aliphatic hydroxyl groups excluding tert-OH is 1. The minimum Gasteiger partial charge on any atom is -0.396 e. The third-order valence-corrected chi connectivity index (χ3v) is 5.89. The van der Waals surface area contributed by atoms with Crippen molar-refractivity contribution in [2.75, 3.05) is 6.61 Å². The second-order valence-electron chi connectivity index (χ2n) is 4.48. The predicted molar refractivity (Wildman–Crippen MR) is 77.1 cm³/mol. The SMILES string of the molecule is CC(Cn1ccnc1)NS(=O)(=O)c1ccc(CCO)s1. The third kappa shape index (κ3) is 3.89. The fourth-order valence-corrected chi connectivity index (χ4v) is 4.41. The number of aliphatic hydroxyl groups is 1. The summed E-state index contributed by atoms with van der Waals surface area (Å²) in [6.45, 7) is 2.35. The van der Waals surface area contributed by atoms with Crippen molar-refractivity contribution in [3.8, 4) is 0 Å². The minimum absolute atomic E-state index is 0.0183. The fraction of sp³-hybridized carbons (Fsp3) is 0.417. The summed E-state index contributed by atoms with van der Waals surface area (Å²) >= 11 is 1.18. The highest BCUT2D eigenvalue weighted by atomic mass is 32.2. The van der Waals surface area contributed by atoms with Crippen LogP contribution in [0.1, 0.15) is 11.8 Å². The van der Waals surface area contributed by atoms with Crippen LogP contribution in [-0.2, 0) is 23.0 Å². The van der Waals surface area contributed by atoms with Crippen LogP contribution in [0.2, 0.25) is 0 Å². The Labute approximate surface area is 122 Å². The second kappa shape index (κ2) is 6.49. The molecule has 0 aromatic carbocycles. The molecule has 8 heteroatoms. The zero-order valence-corrected chi connectivity index (χ0v) is 12.7. The molecule has 2 N–H and O–H groups in total. The van der Waals surface area contributed by atoms with Gasteiger partial charge in [0.25, 0.3) is 0 Å². The number of nitrogens with one attached hydrogen (secondary N) is 1. The van der Waals surface area contributed by atoms with Gasteiger partial charge in [0.15, 0.2) is 0 Å². The van der Waals surface area contributed by atoms with E-state index in [0.717, 1.165) is 4.88 Å². The number of rotatable bonds is 7. The van der Waals surface area contributed by atoms with Crippen LogP contribution in [0.25, 0.3) is 0 Å². The van der Waals surface area contributed by atoms with Crippen molar-refractivity contribution in [2.45, 2.75) is 30.1 Å². The van der Waals surface area contributed by atoms with Crippen molar-refractivity contribution in [3.05, 3.63) is 35.7 Å². The summed E-state index contributed by atoms with van der Waals surface area (Å²) in [4.78, 5) is 4.77. The lowest BCUT2D eigenvalue weighted by molar-refractivity contribution is 0.300. The lowest BCUT2D eigenvalue weighted by Crippen LogP contribution is -2.35. The molecule has 6 nitrogen and oxygen atoms in total. The highest BCUT2D eigenvalue weighted by Crippen LogP contribution is 2.22. The standard InChI is InChI=1S/C12H17N3O3S2/c1-10(8-15-6-5-13-9-15)14-20(17,18)12-3-2-11(19-12)4-7-16/h2-3,5-6,9-10,14,16H,4,7-8H2,1H3. The van der Waals surface area contributed by atoms with Crippen LogP contribution in [0.15, 0.2) is 35.1 Å². The Morgan fingerprint density at radius 3 is 2.95 bits per heavy atom.